The van der Waals surface area contributed by atoms with Gasteiger partial charge in [0.25, 0.3) is 11.5 Å². The summed E-state index contributed by atoms with van der Waals surface area (Å²) in [6, 6.07) is 15.5. The van der Waals surface area contributed by atoms with Crippen LogP contribution in [-0.2, 0) is 0 Å². The first kappa shape index (κ1) is 25.0. The van der Waals surface area contributed by atoms with Crippen LogP contribution in [0.3, 0.4) is 0 Å². The number of amides is 1. The molecule has 2 aromatic carbocycles. The Balaban J connectivity index is 1.48. The van der Waals surface area contributed by atoms with Gasteiger partial charge in [0.1, 0.15) is 11.4 Å². The van der Waals surface area contributed by atoms with Crippen molar-refractivity contribution in [3.63, 3.8) is 0 Å². The molecule has 0 saturated carbocycles. The van der Waals surface area contributed by atoms with E-state index in [2.05, 4.69) is 32.2 Å². The fourth-order valence-corrected chi connectivity index (χ4v) is 5.10. The van der Waals surface area contributed by atoms with Crippen molar-refractivity contribution in [1.29, 1.82) is 0 Å². The molecule has 6 rings (SSSR count). The van der Waals surface area contributed by atoms with Crippen LogP contribution >= 0.6 is 11.3 Å². The van der Waals surface area contributed by atoms with E-state index in [4.69, 9.17) is 10.7 Å². The molecular weight excluding hydrogens is 524 g/mol. The summed E-state index contributed by atoms with van der Waals surface area (Å²) in [5, 5.41) is 8.40. The second-order valence-corrected chi connectivity index (χ2v) is 10.2. The van der Waals surface area contributed by atoms with Crippen LogP contribution in [0.25, 0.3) is 22.2 Å². The molecule has 0 unspecified atom stereocenters. The molecule has 196 valence electrons. The van der Waals surface area contributed by atoms with Gasteiger partial charge in [0.2, 0.25) is 0 Å². The molecule has 3 N–H and O–H groups in total. The van der Waals surface area contributed by atoms with Crippen molar-refractivity contribution < 1.29 is 4.79 Å². The van der Waals surface area contributed by atoms with E-state index in [1.54, 1.807) is 43.7 Å². The largest absolute Gasteiger partial charge is 0.381 e. The Hall–Kier alpha value is -5.34. The highest BCUT2D eigenvalue weighted by molar-refractivity contribution is 7.12. The number of nitrogens with two attached hydrogens (primary N) is 1. The second kappa shape index (κ2) is 10.1. The van der Waals surface area contributed by atoms with Crippen molar-refractivity contribution in [3.8, 4) is 17.5 Å². The number of hydrogen-bond acceptors (Lipinski definition) is 8. The zero-order valence-corrected chi connectivity index (χ0v) is 22.3. The summed E-state index contributed by atoms with van der Waals surface area (Å²) in [5.41, 5.74) is 7.87. The molecule has 0 fully saturated rings. The number of nitrogen functional groups attached to an aromatic ring is 1. The molecule has 0 aliphatic rings. The van der Waals surface area contributed by atoms with Crippen LogP contribution in [0.1, 0.15) is 44.6 Å². The minimum absolute atomic E-state index is 0.0506. The number of carbonyl (C=O) groups excluding carboxylic acids is 1. The number of aromatic nitrogens is 6. The molecule has 0 spiro atoms. The average Bonchev–Trinajstić information content (AvgIpc) is 3.53. The van der Waals surface area contributed by atoms with E-state index < -0.39 is 11.9 Å². The van der Waals surface area contributed by atoms with Crippen molar-refractivity contribution >= 4 is 39.6 Å². The first-order valence-corrected chi connectivity index (χ1v) is 13.2. The van der Waals surface area contributed by atoms with Gasteiger partial charge < -0.3 is 11.1 Å². The predicted molar refractivity (Wildman–Crippen MR) is 153 cm³/mol. The Labute approximate surface area is 232 Å². The van der Waals surface area contributed by atoms with Gasteiger partial charge in [-0.25, -0.2) is 19.5 Å². The van der Waals surface area contributed by atoms with Gasteiger partial charge in [-0.1, -0.05) is 30.2 Å². The molecule has 11 heteroatoms. The molecule has 0 radical (unpaired) electrons. The average molecular weight is 547 g/mol. The lowest BCUT2D eigenvalue weighted by Gasteiger charge is -2.20. The molecule has 4 aromatic heterocycles. The van der Waals surface area contributed by atoms with Crippen LogP contribution in [0.15, 0.2) is 78.0 Å². The lowest BCUT2D eigenvalue weighted by atomic mass is 10.1. The van der Waals surface area contributed by atoms with Crippen LogP contribution < -0.4 is 16.6 Å². The highest BCUT2D eigenvalue weighted by atomic mass is 32.1. The second-order valence-electron chi connectivity index (χ2n) is 8.98. The van der Waals surface area contributed by atoms with Gasteiger partial charge in [0.15, 0.2) is 11.5 Å². The SMILES string of the molecule is Cc1ncc(C#Cc2cccc3nc([C@H](C)NC(=O)c4c(N)nn5cccnc45)n(-c4ccccc4)c(=O)c23)s1. The van der Waals surface area contributed by atoms with Gasteiger partial charge in [-0.05, 0) is 50.1 Å². The third kappa shape index (κ3) is 4.46. The van der Waals surface area contributed by atoms with E-state index in [-0.39, 0.29) is 16.9 Å². The highest BCUT2D eigenvalue weighted by Gasteiger charge is 2.24. The predicted octanol–water partition coefficient (Wildman–Crippen LogP) is 3.67. The third-order valence-corrected chi connectivity index (χ3v) is 7.09. The molecule has 6 aromatic rings. The van der Waals surface area contributed by atoms with Crippen molar-refractivity contribution in [2.24, 2.45) is 0 Å². The normalized spacial score (nSPS) is 11.8. The number of carbonyl (C=O) groups is 1. The van der Waals surface area contributed by atoms with E-state index in [0.29, 0.717) is 33.6 Å². The Morgan fingerprint density at radius 3 is 2.67 bits per heavy atom. The zero-order valence-electron chi connectivity index (χ0n) is 21.5. The monoisotopic (exact) mass is 546 g/mol. The maximum absolute atomic E-state index is 14.1. The fourth-order valence-electron chi connectivity index (χ4n) is 4.47. The lowest BCUT2D eigenvalue weighted by molar-refractivity contribution is 0.0940. The smallest absolute Gasteiger partial charge is 0.267 e. The van der Waals surface area contributed by atoms with Crippen molar-refractivity contribution in [1.82, 2.24) is 34.4 Å². The number of anilines is 1. The molecule has 1 amide bonds. The Kier molecular flexibility index (Phi) is 6.30. The summed E-state index contributed by atoms with van der Waals surface area (Å²) >= 11 is 1.49. The topological polar surface area (TPSA) is 133 Å². The standard InChI is InChI=1S/C29H22N8O2S/c1-17(33-28(38)24-25(30)35-36-15-7-14-31-27(24)36)26-34-22-11-6-8-19(12-13-21-16-32-18(2)40-21)23(22)29(39)37(26)20-9-4-3-5-10-20/h3-11,14-17H,1-2H3,(H2,30,35)(H,33,38)/t17-/m0/s1. The number of aryl methyl sites for hydroxylation is 1. The Bertz CT molecular complexity index is 2030. The molecule has 10 nitrogen and oxygen atoms in total. The fraction of sp³-hybridized carbons (Fsp3) is 0.103. The third-order valence-electron chi connectivity index (χ3n) is 6.26. The van der Waals surface area contributed by atoms with E-state index in [0.717, 1.165) is 9.88 Å². The molecule has 40 heavy (non-hydrogen) atoms. The van der Waals surface area contributed by atoms with Crippen LogP contribution in [-0.4, -0.2) is 35.0 Å². The first-order valence-electron chi connectivity index (χ1n) is 12.4. The summed E-state index contributed by atoms with van der Waals surface area (Å²) in [6.07, 6.45) is 4.94. The van der Waals surface area contributed by atoms with E-state index >= 15 is 0 Å². The summed E-state index contributed by atoms with van der Waals surface area (Å²) in [5.74, 6) is 6.15. The molecule has 4 heterocycles. The van der Waals surface area contributed by atoms with Gasteiger partial charge in [-0.15, -0.1) is 16.4 Å². The lowest BCUT2D eigenvalue weighted by Crippen LogP contribution is -2.33. The summed E-state index contributed by atoms with van der Waals surface area (Å²) in [7, 11) is 0. The Morgan fingerprint density at radius 1 is 1.07 bits per heavy atom. The number of benzene rings is 2. The van der Waals surface area contributed by atoms with Crippen molar-refractivity contribution in [3.05, 3.63) is 110 Å². The van der Waals surface area contributed by atoms with Gasteiger partial charge in [-0.3, -0.25) is 14.2 Å². The maximum Gasteiger partial charge on any atom is 0.267 e. The molecule has 0 aliphatic heterocycles. The number of hydrogen-bond donors (Lipinski definition) is 2. The van der Waals surface area contributed by atoms with Gasteiger partial charge in [0.05, 0.1) is 38.7 Å². The maximum atomic E-state index is 14.1. The summed E-state index contributed by atoms with van der Waals surface area (Å²) in [4.78, 5) is 41.6. The van der Waals surface area contributed by atoms with Crippen LogP contribution in [0.5, 0.6) is 0 Å². The Morgan fingerprint density at radius 2 is 1.90 bits per heavy atom. The quantitative estimate of drug-likeness (QED) is 0.322. The van der Waals surface area contributed by atoms with Crippen molar-refractivity contribution in [2.45, 2.75) is 19.9 Å². The molecule has 1 atom stereocenters. The van der Waals surface area contributed by atoms with Gasteiger partial charge in [0, 0.05) is 18.0 Å². The molecule has 0 bridgehead atoms. The molecular formula is C29H22N8O2S. The summed E-state index contributed by atoms with van der Waals surface area (Å²) in [6.45, 7) is 3.67. The zero-order chi connectivity index (χ0) is 27.8. The highest BCUT2D eigenvalue weighted by Crippen LogP contribution is 2.22. The minimum atomic E-state index is -0.683. The number of para-hydroxylation sites is 1. The van der Waals surface area contributed by atoms with E-state index in [1.807, 2.05) is 43.3 Å². The van der Waals surface area contributed by atoms with Crippen LogP contribution in [0, 0.1) is 18.8 Å². The minimum Gasteiger partial charge on any atom is -0.381 e. The number of fused-ring (bicyclic) bond motifs is 2. The first-order chi connectivity index (χ1) is 19.4. The number of nitrogens with one attached hydrogen (secondary N) is 1. The molecule has 0 saturated heterocycles. The van der Waals surface area contributed by atoms with E-state index in [1.165, 1.54) is 20.4 Å². The number of nitrogens with zero attached hydrogens (tertiary/aromatic N) is 6. The van der Waals surface area contributed by atoms with Gasteiger partial charge >= 0.3 is 0 Å². The number of rotatable bonds is 4. The molecule has 0 aliphatic carbocycles. The number of thiazole rings is 1. The van der Waals surface area contributed by atoms with Gasteiger partial charge in [-0.2, -0.15) is 0 Å². The van der Waals surface area contributed by atoms with Crippen LogP contribution in [0.4, 0.5) is 5.82 Å². The van der Waals surface area contributed by atoms with E-state index in [9.17, 15) is 9.59 Å². The van der Waals surface area contributed by atoms with Crippen LogP contribution in [0.2, 0.25) is 0 Å². The van der Waals surface area contributed by atoms with Crippen molar-refractivity contribution in [2.75, 3.05) is 5.73 Å². The summed E-state index contributed by atoms with van der Waals surface area (Å²) < 4.78 is 2.95.